The van der Waals surface area contributed by atoms with Gasteiger partial charge in [0.1, 0.15) is 6.26 Å². The third-order valence-corrected chi connectivity index (χ3v) is 0.617. The summed E-state index contributed by atoms with van der Waals surface area (Å²) in [6.45, 7) is 0. The monoisotopic (exact) mass is 184 g/mol. The summed E-state index contributed by atoms with van der Waals surface area (Å²) in [5, 5.41) is 7.87. The van der Waals surface area contributed by atoms with Gasteiger partial charge in [0.2, 0.25) is 0 Å². The van der Waals surface area contributed by atoms with Crippen LogP contribution in [0.15, 0.2) is 12.3 Å². The fraction of sp³-hybridized carbons (Fsp3) is 0.200. The molecule has 0 heterocycles. The number of ether oxygens (including phenoxy) is 1. The molecule has 7 heteroatoms. The summed E-state index contributed by atoms with van der Waals surface area (Å²) >= 11 is 0. The Morgan fingerprint density at radius 1 is 1.33 bits per heavy atom. The first-order chi connectivity index (χ1) is 5.34. The van der Waals surface area contributed by atoms with Crippen molar-refractivity contribution in [2.45, 2.75) is 6.18 Å². The zero-order valence-corrected chi connectivity index (χ0v) is 5.46. The van der Waals surface area contributed by atoms with Crippen LogP contribution in [0.5, 0.6) is 0 Å². The Labute approximate surface area is 64.2 Å². The molecule has 0 aromatic carbocycles. The number of carbonyl (C=O) groups is 2. The van der Waals surface area contributed by atoms with Gasteiger partial charge >= 0.3 is 18.1 Å². The second-order valence-corrected chi connectivity index (χ2v) is 1.54. The van der Waals surface area contributed by atoms with Crippen molar-refractivity contribution in [3.8, 4) is 0 Å². The van der Waals surface area contributed by atoms with Crippen LogP contribution in [-0.2, 0) is 14.3 Å². The Bertz CT molecular complexity index is 217. The molecule has 0 aromatic rings. The standard InChI is InChI=1S/C5H3F3O4/c6-5(7,8)4(11)12-2-1-3(9)10/h1-2H,(H,9,10). The highest BCUT2D eigenvalue weighted by molar-refractivity contribution is 5.81. The average Bonchev–Trinajstić information content (AvgIpc) is 1.84. The zero-order chi connectivity index (χ0) is 9.78. The molecule has 0 atom stereocenters. The second-order valence-electron chi connectivity index (χ2n) is 1.54. The molecule has 4 nitrogen and oxygen atoms in total. The van der Waals surface area contributed by atoms with Crippen LogP contribution >= 0.6 is 0 Å². The lowest BCUT2D eigenvalue weighted by atomic mass is 10.6. The molecular formula is C5H3F3O4. The maximum atomic E-state index is 11.3. The first kappa shape index (κ1) is 10.5. The average molecular weight is 184 g/mol. The predicted molar refractivity (Wildman–Crippen MR) is 28.9 cm³/mol. The van der Waals surface area contributed by atoms with Crippen molar-refractivity contribution in [3.63, 3.8) is 0 Å². The summed E-state index contributed by atoms with van der Waals surface area (Å²) in [4.78, 5) is 19.5. The van der Waals surface area contributed by atoms with Gasteiger partial charge in [0.15, 0.2) is 0 Å². The Balaban J connectivity index is 3.96. The van der Waals surface area contributed by atoms with Gasteiger partial charge in [-0.1, -0.05) is 0 Å². The smallest absolute Gasteiger partial charge is 0.478 e. The van der Waals surface area contributed by atoms with Crippen LogP contribution in [0.2, 0.25) is 0 Å². The van der Waals surface area contributed by atoms with E-state index >= 15 is 0 Å². The van der Waals surface area contributed by atoms with E-state index in [9.17, 15) is 22.8 Å². The topological polar surface area (TPSA) is 63.6 Å². The van der Waals surface area contributed by atoms with E-state index in [-0.39, 0.29) is 12.3 Å². The summed E-state index contributed by atoms with van der Waals surface area (Å²) < 4.78 is 37.3. The SMILES string of the molecule is O=C(O)C=COC(=O)C(F)(F)F. The molecule has 0 unspecified atom stereocenters. The highest BCUT2D eigenvalue weighted by atomic mass is 19.4. The first-order valence-electron chi connectivity index (χ1n) is 2.51. The number of aliphatic carboxylic acids is 1. The van der Waals surface area contributed by atoms with Gasteiger partial charge in [-0.25, -0.2) is 9.59 Å². The van der Waals surface area contributed by atoms with Crippen LogP contribution in [0.3, 0.4) is 0 Å². The summed E-state index contributed by atoms with van der Waals surface area (Å²) in [5.74, 6) is -3.97. The second kappa shape index (κ2) is 3.74. The van der Waals surface area contributed by atoms with E-state index < -0.39 is 18.1 Å². The zero-order valence-electron chi connectivity index (χ0n) is 5.46. The maximum absolute atomic E-state index is 11.3. The lowest BCUT2D eigenvalue weighted by Gasteiger charge is -2.01. The van der Waals surface area contributed by atoms with E-state index in [0.717, 1.165) is 0 Å². The minimum Gasteiger partial charge on any atom is -0.478 e. The van der Waals surface area contributed by atoms with Crippen LogP contribution in [-0.4, -0.2) is 23.2 Å². The van der Waals surface area contributed by atoms with Gasteiger partial charge in [-0.15, -0.1) is 0 Å². The largest absolute Gasteiger partial charge is 0.491 e. The van der Waals surface area contributed by atoms with E-state index in [2.05, 4.69) is 4.74 Å². The molecule has 0 aromatic heterocycles. The molecule has 0 fully saturated rings. The number of hydrogen-bond donors (Lipinski definition) is 1. The molecule has 0 spiro atoms. The van der Waals surface area contributed by atoms with Crippen molar-refractivity contribution in [1.82, 2.24) is 0 Å². The van der Waals surface area contributed by atoms with Crippen LogP contribution in [0.4, 0.5) is 13.2 Å². The number of carboxylic acid groups (broad SMARTS) is 1. The van der Waals surface area contributed by atoms with Crippen LogP contribution < -0.4 is 0 Å². The van der Waals surface area contributed by atoms with Crippen molar-refractivity contribution >= 4 is 11.9 Å². The summed E-state index contributed by atoms with van der Waals surface area (Å²) in [7, 11) is 0. The first-order valence-corrected chi connectivity index (χ1v) is 2.51. The molecule has 0 bridgehead atoms. The highest BCUT2D eigenvalue weighted by Gasteiger charge is 2.40. The molecule has 1 N–H and O–H groups in total. The molecular weight excluding hydrogens is 181 g/mol. The third-order valence-electron chi connectivity index (χ3n) is 0.617. The Kier molecular flexibility index (Phi) is 3.27. The van der Waals surface area contributed by atoms with E-state index in [1.165, 1.54) is 0 Å². The van der Waals surface area contributed by atoms with Crippen molar-refractivity contribution in [2.75, 3.05) is 0 Å². The number of esters is 1. The Morgan fingerprint density at radius 3 is 2.17 bits per heavy atom. The van der Waals surface area contributed by atoms with E-state index in [0.29, 0.717) is 0 Å². The van der Waals surface area contributed by atoms with Gasteiger partial charge in [0.25, 0.3) is 0 Å². The molecule has 0 aliphatic heterocycles. The molecule has 68 valence electrons. The van der Waals surface area contributed by atoms with Crippen LogP contribution in [0.1, 0.15) is 0 Å². The highest BCUT2D eigenvalue weighted by Crippen LogP contribution is 2.16. The van der Waals surface area contributed by atoms with Gasteiger partial charge in [-0.05, 0) is 0 Å². The molecule has 0 aliphatic carbocycles. The molecule has 0 aliphatic rings. The number of carboxylic acids is 1. The third kappa shape index (κ3) is 4.31. The van der Waals surface area contributed by atoms with Gasteiger partial charge in [-0.2, -0.15) is 13.2 Å². The number of hydrogen-bond acceptors (Lipinski definition) is 3. The molecule has 0 amide bonds. The number of halogens is 3. The van der Waals surface area contributed by atoms with E-state index in [1.807, 2.05) is 0 Å². The van der Waals surface area contributed by atoms with Gasteiger partial charge in [0, 0.05) is 0 Å². The lowest BCUT2D eigenvalue weighted by Crippen LogP contribution is -2.23. The summed E-state index contributed by atoms with van der Waals surface area (Å²) in [6, 6.07) is 0. The van der Waals surface area contributed by atoms with E-state index in [1.54, 1.807) is 0 Å². The van der Waals surface area contributed by atoms with Crippen LogP contribution in [0.25, 0.3) is 0 Å². The quantitative estimate of drug-likeness (QED) is 0.389. The van der Waals surface area contributed by atoms with E-state index in [4.69, 9.17) is 5.11 Å². The summed E-state index contributed by atoms with van der Waals surface area (Å²) in [5.41, 5.74) is 0. The molecule has 0 saturated carbocycles. The van der Waals surface area contributed by atoms with Crippen molar-refractivity contribution in [2.24, 2.45) is 0 Å². The fourth-order valence-electron chi connectivity index (χ4n) is 0.221. The predicted octanol–water partition coefficient (Wildman–Crippen LogP) is 0.690. The minimum atomic E-state index is -5.11. The Morgan fingerprint density at radius 2 is 1.83 bits per heavy atom. The van der Waals surface area contributed by atoms with Gasteiger partial charge < -0.3 is 9.84 Å². The van der Waals surface area contributed by atoms with Crippen molar-refractivity contribution < 1.29 is 32.6 Å². The molecule has 12 heavy (non-hydrogen) atoms. The Hall–Kier alpha value is -1.53. The number of rotatable bonds is 2. The lowest BCUT2D eigenvalue weighted by molar-refractivity contribution is -0.193. The van der Waals surface area contributed by atoms with Crippen molar-refractivity contribution in [3.05, 3.63) is 12.3 Å². The normalized spacial score (nSPS) is 11.6. The number of carbonyl (C=O) groups excluding carboxylic acids is 1. The summed E-state index contributed by atoms with van der Waals surface area (Å²) in [6.07, 6.45) is -4.69. The molecule has 0 radical (unpaired) electrons. The maximum Gasteiger partial charge on any atom is 0.491 e. The van der Waals surface area contributed by atoms with Crippen LogP contribution in [0, 0.1) is 0 Å². The van der Waals surface area contributed by atoms with Gasteiger partial charge in [0.05, 0.1) is 6.08 Å². The van der Waals surface area contributed by atoms with Crippen molar-refractivity contribution in [1.29, 1.82) is 0 Å². The molecule has 0 saturated heterocycles. The fourth-order valence-corrected chi connectivity index (χ4v) is 0.221. The minimum absolute atomic E-state index is 0.151. The number of alkyl halides is 3. The molecule has 0 rings (SSSR count). The van der Waals surface area contributed by atoms with Gasteiger partial charge in [-0.3, -0.25) is 0 Å².